The molecule has 3 nitrogen and oxygen atoms in total. The fraction of sp³-hybridized carbons (Fsp3) is 0.133. The molecule has 0 aliphatic carbocycles. The van der Waals surface area contributed by atoms with Crippen molar-refractivity contribution >= 4 is 23.2 Å². The van der Waals surface area contributed by atoms with Gasteiger partial charge in [0.1, 0.15) is 0 Å². The van der Waals surface area contributed by atoms with E-state index in [-0.39, 0.29) is 5.91 Å². The lowest BCUT2D eigenvalue weighted by Crippen LogP contribution is -2.23. The summed E-state index contributed by atoms with van der Waals surface area (Å²) < 4.78 is 0. The van der Waals surface area contributed by atoms with E-state index in [1.165, 1.54) is 0 Å². The Morgan fingerprint density at radius 3 is 2.74 bits per heavy atom. The van der Waals surface area contributed by atoms with Crippen LogP contribution in [0.1, 0.15) is 21.5 Å². The zero-order chi connectivity index (χ0) is 13.8. The molecule has 0 unspecified atom stereocenters. The molecule has 3 N–H and O–H groups in total. The van der Waals surface area contributed by atoms with E-state index in [9.17, 15) is 4.79 Å². The van der Waals surface area contributed by atoms with Crippen LogP contribution < -0.4 is 11.1 Å². The number of nitrogen functional groups attached to an aromatic ring is 1. The highest BCUT2D eigenvalue weighted by atomic mass is 35.5. The molecule has 2 aromatic rings. The Bertz CT molecular complexity index is 611. The zero-order valence-electron chi connectivity index (χ0n) is 10.6. The van der Waals surface area contributed by atoms with Gasteiger partial charge in [0.15, 0.2) is 0 Å². The first-order valence-electron chi connectivity index (χ1n) is 5.95. The lowest BCUT2D eigenvalue weighted by atomic mass is 10.1. The van der Waals surface area contributed by atoms with E-state index < -0.39 is 0 Å². The molecule has 0 spiro atoms. The summed E-state index contributed by atoms with van der Waals surface area (Å²) in [5, 5.41) is 3.41. The van der Waals surface area contributed by atoms with Crippen molar-refractivity contribution in [3.63, 3.8) is 0 Å². The molecule has 0 radical (unpaired) electrons. The molecule has 2 aromatic carbocycles. The third-order valence-corrected chi connectivity index (χ3v) is 3.25. The first-order valence-corrected chi connectivity index (χ1v) is 6.33. The number of carbonyl (C=O) groups excluding carboxylic acids is 1. The molecule has 0 saturated carbocycles. The molecule has 19 heavy (non-hydrogen) atoms. The Hall–Kier alpha value is -2.00. The number of nitrogens with two attached hydrogens (primary N) is 1. The smallest absolute Gasteiger partial charge is 0.251 e. The van der Waals surface area contributed by atoms with E-state index in [2.05, 4.69) is 5.32 Å². The minimum absolute atomic E-state index is 0.149. The number of hydrogen-bond acceptors (Lipinski definition) is 2. The maximum Gasteiger partial charge on any atom is 0.251 e. The topological polar surface area (TPSA) is 55.1 Å². The summed E-state index contributed by atoms with van der Waals surface area (Å²) >= 11 is 5.86. The molecular formula is C15H15ClN2O. The number of carbonyl (C=O) groups is 1. The molecule has 0 aliphatic heterocycles. The molecule has 0 heterocycles. The Balaban J connectivity index is 2.07. The summed E-state index contributed by atoms with van der Waals surface area (Å²) in [7, 11) is 0. The fourth-order valence-electron chi connectivity index (χ4n) is 1.80. The van der Waals surface area contributed by atoms with Gasteiger partial charge < -0.3 is 11.1 Å². The second-order valence-corrected chi connectivity index (χ2v) is 4.76. The van der Waals surface area contributed by atoms with Crippen molar-refractivity contribution in [2.24, 2.45) is 0 Å². The second kappa shape index (κ2) is 5.76. The minimum Gasteiger partial charge on any atom is -0.399 e. The molecule has 0 fully saturated rings. The highest BCUT2D eigenvalue weighted by Gasteiger charge is 2.07. The van der Waals surface area contributed by atoms with E-state index in [1.807, 2.05) is 25.1 Å². The molecule has 0 atom stereocenters. The van der Waals surface area contributed by atoms with Gasteiger partial charge in [0.2, 0.25) is 0 Å². The van der Waals surface area contributed by atoms with Gasteiger partial charge in [-0.25, -0.2) is 0 Å². The maximum absolute atomic E-state index is 12.0. The van der Waals surface area contributed by atoms with Crippen LogP contribution in [0.3, 0.4) is 0 Å². The van der Waals surface area contributed by atoms with Gasteiger partial charge in [-0.3, -0.25) is 4.79 Å². The molecule has 0 saturated heterocycles. The van der Waals surface area contributed by atoms with Crippen molar-refractivity contribution in [1.82, 2.24) is 5.32 Å². The first kappa shape index (κ1) is 13.4. The van der Waals surface area contributed by atoms with Crippen molar-refractivity contribution in [3.05, 3.63) is 64.2 Å². The van der Waals surface area contributed by atoms with Crippen LogP contribution in [-0.4, -0.2) is 5.91 Å². The van der Waals surface area contributed by atoms with Gasteiger partial charge >= 0.3 is 0 Å². The van der Waals surface area contributed by atoms with Gasteiger partial charge in [0, 0.05) is 22.8 Å². The Morgan fingerprint density at radius 1 is 1.26 bits per heavy atom. The minimum atomic E-state index is -0.149. The number of hydrogen-bond donors (Lipinski definition) is 2. The van der Waals surface area contributed by atoms with Gasteiger partial charge in [-0.15, -0.1) is 0 Å². The molecule has 2 rings (SSSR count). The number of halogens is 1. The standard InChI is InChI=1S/C15H15ClN2O/c1-10-12(5-3-7-14(10)17)9-18-15(19)11-4-2-6-13(16)8-11/h2-8H,9,17H2,1H3,(H,18,19). The van der Waals surface area contributed by atoms with Gasteiger partial charge in [0.05, 0.1) is 0 Å². The number of anilines is 1. The van der Waals surface area contributed by atoms with E-state index in [0.29, 0.717) is 17.1 Å². The van der Waals surface area contributed by atoms with Crippen LogP contribution in [-0.2, 0) is 6.54 Å². The largest absolute Gasteiger partial charge is 0.399 e. The van der Waals surface area contributed by atoms with Crippen molar-refractivity contribution < 1.29 is 4.79 Å². The normalized spacial score (nSPS) is 10.2. The highest BCUT2D eigenvalue weighted by molar-refractivity contribution is 6.30. The van der Waals surface area contributed by atoms with Crippen LogP contribution >= 0.6 is 11.6 Å². The highest BCUT2D eigenvalue weighted by Crippen LogP contribution is 2.15. The molecule has 4 heteroatoms. The summed E-state index contributed by atoms with van der Waals surface area (Å²) in [6.07, 6.45) is 0. The van der Waals surface area contributed by atoms with Crippen molar-refractivity contribution in [1.29, 1.82) is 0 Å². The predicted octanol–water partition coefficient (Wildman–Crippen LogP) is 3.16. The van der Waals surface area contributed by atoms with Crippen LogP contribution in [0.15, 0.2) is 42.5 Å². The number of nitrogens with one attached hydrogen (secondary N) is 1. The van der Waals surface area contributed by atoms with Crippen LogP contribution in [0.5, 0.6) is 0 Å². The van der Waals surface area contributed by atoms with Crippen LogP contribution in [0.25, 0.3) is 0 Å². The fourth-order valence-corrected chi connectivity index (χ4v) is 1.99. The molecule has 0 aliphatic rings. The monoisotopic (exact) mass is 274 g/mol. The number of benzene rings is 2. The summed E-state index contributed by atoms with van der Waals surface area (Å²) in [4.78, 5) is 12.0. The average molecular weight is 275 g/mol. The van der Waals surface area contributed by atoms with Gasteiger partial charge in [0.25, 0.3) is 5.91 Å². The maximum atomic E-state index is 12.0. The van der Waals surface area contributed by atoms with E-state index in [0.717, 1.165) is 16.8 Å². The van der Waals surface area contributed by atoms with Crippen molar-refractivity contribution in [2.45, 2.75) is 13.5 Å². The van der Waals surface area contributed by atoms with Crippen LogP contribution in [0.4, 0.5) is 5.69 Å². The van der Waals surface area contributed by atoms with Crippen molar-refractivity contribution in [3.8, 4) is 0 Å². The van der Waals surface area contributed by atoms with E-state index in [1.54, 1.807) is 24.3 Å². The molecule has 0 bridgehead atoms. The Labute approximate surface area is 117 Å². The van der Waals surface area contributed by atoms with Gasteiger partial charge in [-0.05, 0) is 42.3 Å². The molecule has 1 amide bonds. The summed E-state index contributed by atoms with van der Waals surface area (Å²) in [5.74, 6) is -0.149. The second-order valence-electron chi connectivity index (χ2n) is 4.32. The van der Waals surface area contributed by atoms with Gasteiger partial charge in [-0.2, -0.15) is 0 Å². The number of amides is 1. The summed E-state index contributed by atoms with van der Waals surface area (Å²) in [5.41, 5.74) is 9.11. The third kappa shape index (κ3) is 3.26. The molecule has 0 aromatic heterocycles. The SMILES string of the molecule is Cc1c(N)cccc1CNC(=O)c1cccc(Cl)c1. The summed E-state index contributed by atoms with van der Waals surface area (Å²) in [6, 6.07) is 12.5. The van der Waals surface area contributed by atoms with Gasteiger partial charge in [-0.1, -0.05) is 29.8 Å². The Morgan fingerprint density at radius 2 is 2.00 bits per heavy atom. The Kier molecular flexibility index (Phi) is 4.07. The predicted molar refractivity (Wildman–Crippen MR) is 78.2 cm³/mol. The summed E-state index contributed by atoms with van der Waals surface area (Å²) in [6.45, 7) is 2.39. The van der Waals surface area contributed by atoms with Crippen LogP contribution in [0, 0.1) is 6.92 Å². The molecular weight excluding hydrogens is 260 g/mol. The lowest BCUT2D eigenvalue weighted by Gasteiger charge is -2.10. The van der Waals surface area contributed by atoms with Crippen molar-refractivity contribution in [2.75, 3.05) is 5.73 Å². The van der Waals surface area contributed by atoms with Crippen LogP contribution in [0.2, 0.25) is 5.02 Å². The third-order valence-electron chi connectivity index (χ3n) is 3.01. The number of rotatable bonds is 3. The average Bonchev–Trinajstić information content (AvgIpc) is 2.40. The lowest BCUT2D eigenvalue weighted by molar-refractivity contribution is 0.0951. The quantitative estimate of drug-likeness (QED) is 0.845. The van der Waals surface area contributed by atoms with E-state index >= 15 is 0 Å². The molecule has 98 valence electrons. The zero-order valence-corrected chi connectivity index (χ0v) is 11.4. The first-order chi connectivity index (χ1) is 9.08. The van der Waals surface area contributed by atoms with E-state index in [4.69, 9.17) is 17.3 Å².